The van der Waals surface area contributed by atoms with E-state index in [1.165, 1.54) is 4.68 Å². The van der Waals surface area contributed by atoms with Gasteiger partial charge < -0.3 is 10.8 Å². The van der Waals surface area contributed by atoms with Crippen molar-refractivity contribution < 1.29 is 9.90 Å². The van der Waals surface area contributed by atoms with Crippen LogP contribution in [-0.4, -0.2) is 26.1 Å². The third-order valence-corrected chi connectivity index (χ3v) is 1.51. The third kappa shape index (κ3) is 1.95. The van der Waals surface area contributed by atoms with Crippen molar-refractivity contribution in [2.45, 2.75) is 20.4 Å². The van der Waals surface area contributed by atoms with Crippen LogP contribution in [-0.2, 0) is 6.54 Å². The minimum atomic E-state index is -1.15. The van der Waals surface area contributed by atoms with Gasteiger partial charge in [0, 0.05) is 6.54 Å². The molecule has 0 amide bonds. The third-order valence-electron chi connectivity index (χ3n) is 1.51. The lowest BCUT2D eigenvalue weighted by atomic mass is 10.2. The van der Waals surface area contributed by atoms with Crippen LogP contribution in [0.4, 0.5) is 5.82 Å². The molecule has 1 aromatic heterocycles. The number of nitrogens with zero attached hydrogens (tertiary/aromatic N) is 3. The van der Waals surface area contributed by atoms with Gasteiger partial charge in [-0.2, -0.15) is 0 Å². The maximum atomic E-state index is 10.5. The fraction of sp³-hybridized carbons (Fsp3) is 0.571. The van der Waals surface area contributed by atoms with Gasteiger partial charge in [-0.3, -0.25) is 0 Å². The number of carboxylic acid groups (broad SMARTS) is 1. The molecule has 6 nitrogen and oxygen atoms in total. The summed E-state index contributed by atoms with van der Waals surface area (Å²) < 4.78 is 1.40. The lowest BCUT2D eigenvalue weighted by molar-refractivity contribution is 0.0691. The normalized spacial score (nSPS) is 10.7. The van der Waals surface area contributed by atoms with Crippen LogP contribution < -0.4 is 5.73 Å². The van der Waals surface area contributed by atoms with Crippen molar-refractivity contribution in [3.63, 3.8) is 0 Å². The van der Waals surface area contributed by atoms with E-state index in [0.717, 1.165) is 0 Å². The summed E-state index contributed by atoms with van der Waals surface area (Å²) in [5.41, 5.74) is 5.33. The van der Waals surface area contributed by atoms with Crippen LogP contribution in [0.3, 0.4) is 0 Å². The Morgan fingerprint density at radius 1 is 1.69 bits per heavy atom. The molecule has 13 heavy (non-hydrogen) atoms. The van der Waals surface area contributed by atoms with E-state index in [0.29, 0.717) is 12.5 Å². The van der Waals surface area contributed by atoms with E-state index in [9.17, 15) is 4.79 Å². The maximum Gasteiger partial charge on any atom is 0.360 e. The largest absolute Gasteiger partial charge is 0.476 e. The van der Waals surface area contributed by atoms with E-state index in [1.54, 1.807) is 0 Å². The van der Waals surface area contributed by atoms with Gasteiger partial charge in [-0.05, 0) is 5.92 Å². The molecule has 1 heterocycles. The van der Waals surface area contributed by atoms with Crippen molar-refractivity contribution in [3.8, 4) is 0 Å². The quantitative estimate of drug-likeness (QED) is 0.700. The first kappa shape index (κ1) is 9.50. The zero-order valence-electron chi connectivity index (χ0n) is 7.56. The van der Waals surface area contributed by atoms with Crippen LogP contribution in [0.25, 0.3) is 0 Å². The Bertz CT molecular complexity index is 318. The molecule has 0 bridgehead atoms. The Morgan fingerprint density at radius 2 is 2.31 bits per heavy atom. The molecule has 0 aromatic carbocycles. The van der Waals surface area contributed by atoms with Gasteiger partial charge in [0.1, 0.15) is 0 Å². The molecule has 0 aliphatic rings. The highest BCUT2D eigenvalue weighted by atomic mass is 16.4. The standard InChI is InChI=1S/C7H12N4O2/c1-4(2)3-11-6(8)5(7(12)13)9-10-11/h4H,3,8H2,1-2H3,(H,12,13). The summed E-state index contributed by atoms with van der Waals surface area (Å²) in [6.07, 6.45) is 0. The van der Waals surface area contributed by atoms with Gasteiger partial charge in [-0.25, -0.2) is 9.48 Å². The van der Waals surface area contributed by atoms with Crippen LogP contribution in [0.2, 0.25) is 0 Å². The predicted octanol–water partition coefficient (Wildman–Crippen LogP) is 0.214. The molecule has 3 N–H and O–H groups in total. The van der Waals surface area contributed by atoms with Gasteiger partial charge >= 0.3 is 5.97 Å². The molecular weight excluding hydrogens is 172 g/mol. The van der Waals surface area contributed by atoms with E-state index < -0.39 is 5.97 Å². The maximum absolute atomic E-state index is 10.5. The van der Waals surface area contributed by atoms with Gasteiger partial charge in [0.2, 0.25) is 5.69 Å². The highest BCUT2D eigenvalue weighted by molar-refractivity contribution is 5.90. The second-order valence-corrected chi connectivity index (χ2v) is 3.20. The van der Waals surface area contributed by atoms with Crippen molar-refractivity contribution in [3.05, 3.63) is 5.69 Å². The lowest BCUT2D eigenvalue weighted by Gasteiger charge is -2.04. The van der Waals surface area contributed by atoms with Gasteiger partial charge in [0.25, 0.3) is 0 Å². The van der Waals surface area contributed by atoms with Crippen molar-refractivity contribution in [2.24, 2.45) is 5.92 Å². The van der Waals surface area contributed by atoms with Crippen LogP contribution in [0, 0.1) is 5.92 Å². The zero-order chi connectivity index (χ0) is 10.0. The Morgan fingerprint density at radius 3 is 2.69 bits per heavy atom. The van der Waals surface area contributed by atoms with Crippen molar-refractivity contribution in [1.29, 1.82) is 0 Å². The SMILES string of the molecule is CC(C)Cn1nnc(C(=O)O)c1N. The van der Waals surface area contributed by atoms with E-state index in [1.807, 2.05) is 13.8 Å². The Labute approximate surface area is 75.3 Å². The fourth-order valence-corrected chi connectivity index (χ4v) is 0.953. The zero-order valence-corrected chi connectivity index (χ0v) is 7.56. The lowest BCUT2D eigenvalue weighted by Crippen LogP contribution is -2.10. The molecule has 0 saturated heterocycles. The van der Waals surface area contributed by atoms with Crippen LogP contribution in [0.1, 0.15) is 24.3 Å². The number of hydrogen-bond donors (Lipinski definition) is 2. The van der Waals surface area contributed by atoms with E-state index in [4.69, 9.17) is 10.8 Å². The van der Waals surface area contributed by atoms with Gasteiger partial charge in [-0.15, -0.1) is 5.10 Å². The minimum Gasteiger partial charge on any atom is -0.476 e. The second kappa shape index (κ2) is 3.42. The number of carbonyl (C=O) groups is 1. The number of nitrogens with two attached hydrogens (primary N) is 1. The first-order valence-corrected chi connectivity index (χ1v) is 3.94. The fourth-order valence-electron chi connectivity index (χ4n) is 0.953. The number of aromatic nitrogens is 3. The Hall–Kier alpha value is -1.59. The number of hydrogen-bond acceptors (Lipinski definition) is 4. The van der Waals surface area contributed by atoms with Gasteiger partial charge in [0.15, 0.2) is 5.82 Å². The monoisotopic (exact) mass is 184 g/mol. The average Bonchev–Trinajstić information content (AvgIpc) is 2.32. The molecule has 0 spiro atoms. The van der Waals surface area contributed by atoms with E-state index >= 15 is 0 Å². The highest BCUT2D eigenvalue weighted by Gasteiger charge is 2.16. The minimum absolute atomic E-state index is 0.112. The summed E-state index contributed by atoms with van der Waals surface area (Å²) in [5.74, 6) is -0.681. The summed E-state index contributed by atoms with van der Waals surface area (Å²) in [6.45, 7) is 4.55. The van der Waals surface area contributed by atoms with Crippen LogP contribution >= 0.6 is 0 Å². The van der Waals surface area contributed by atoms with E-state index in [2.05, 4.69) is 10.3 Å². The van der Waals surface area contributed by atoms with Gasteiger partial charge in [0.05, 0.1) is 0 Å². The van der Waals surface area contributed by atoms with Crippen molar-refractivity contribution >= 4 is 11.8 Å². The Balaban J connectivity index is 2.93. The van der Waals surface area contributed by atoms with Crippen LogP contribution in [0.15, 0.2) is 0 Å². The summed E-state index contributed by atoms with van der Waals surface area (Å²) in [5, 5.41) is 15.7. The summed E-state index contributed by atoms with van der Waals surface area (Å²) in [7, 11) is 0. The highest BCUT2D eigenvalue weighted by Crippen LogP contribution is 2.09. The molecule has 0 fully saturated rings. The molecule has 0 saturated carbocycles. The first-order chi connectivity index (χ1) is 6.02. The second-order valence-electron chi connectivity index (χ2n) is 3.20. The number of nitrogen functional groups attached to an aromatic ring is 1. The molecule has 0 unspecified atom stereocenters. The van der Waals surface area contributed by atoms with Crippen molar-refractivity contribution in [1.82, 2.24) is 15.0 Å². The summed E-state index contributed by atoms with van der Waals surface area (Å²) in [4.78, 5) is 10.5. The number of aromatic carboxylic acids is 1. The number of anilines is 1. The average molecular weight is 184 g/mol. The number of rotatable bonds is 3. The smallest absolute Gasteiger partial charge is 0.360 e. The molecule has 1 aromatic rings. The summed E-state index contributed by atoms with van der Waals surface area (Å²) >= 11 is 0. The molecule has 0 radical (unpaired) electrons. The van der Waals surface area contributed by atoms with Crippen LogP contribution in [0.5, 0.6) is 0 Å². The molecule has 1 rings (SSSR count). The first-order valence-electron chi connectivity index (χ1n) is 3.94. The van der Waals surface area contributed by atoms with Gasteiger partial charge in [-0.1, -0.05) is 19.1 Å². The topological polar surface area (TPSA) is 94.0 Å². The molecule has 0 atom stereocenters. The van der Waals surface area contributed by atoms with Crippen molar-refractivity contribution in [2.75, 3.05) is 5.73 Å². The van der Waals surface area contributed by atoms with E-state index in [-0.39, 0.29) is 11.5 Å². The molecule has 0 aliphatic carbocycles. The Kier molecular flexibility index (Phi) is 2.50. The molecular formula is C7H12N4O2. The molecule has 6 heteroatoms. The molecule has 72 valence electrons. The number of carboxylic acids is 1. The predicted molar refractivity (Wildman–Crippen MR) is 46.2 cm³/mol. The summed E-state index contributed by atoms with van der Waals surface area (Å²) in [6, 6.07) is 0. The molecule has 0 aliphatic heterocycles.